The second kappa shape index (κ2) is 5.18. The molecule has 1 aliphatic heterocycles. The highest BCUT2D eigenvalue weighted by Gasteiger charge is 2.22. The van der Waals surface area contributed by atoms with E-state index in [1.807, 2.05) is 13.2 Å². The quantitative estimate of drug-likeness (QED) is 0.751. The molecule has 0 radical (unpaired) electrons. The number of aromatic nitrogens is 2. The van der Waals surface area contributed by atoms with Gasteiger partial charge in [-0.1, -0.05) is 0 Å². The van der Waals surface area contributed by atoms with Crippen LogP contribution in [0.4, 0.5) is 5.69 Å². The zero-order valence-electron chi connectivity index (χ0n) is 10.3. The van der Waals surface area contributed by atoms with E-state index >= 15 is 0 Å². The lowest BCUT2D eigenvalue weighted by molar-refractivity contribution is 0.0519. The van der Waals surface area contributed by atoms with Gasteiger partial charge in [0.15, 0.2) is 5.69 Å². The molecule has 1 N–H and O–H groups in total. The molecule has 0 unspecified atom stereocenters. The summed E-state index contributed by atoms with van der Waals surface area (Å²) in [5.41, 5.74) is 1.28. The first-order valence-electron chi connectivity index (χ1n) is 5.88. The van der Waals surface area contributed by atoms with Gasteiger partial charge >= 0.3 is 5.97 Å². The lowest BCUT2D eigenvalue weighted by atomic mass is 10.3. The molecule has 1 saturated heterocycles. The molecule has 0 aromatic carbocycles. The number of rotatable bonds is 3. The molecule has 1 aromatic rings. The van der Waals surface area contributed by atoms with Gasteiger partial charge in [-0.2, -0.15) is 5.10 Å². The first-order chi connectivity index (χ1) is 8.22. The topological polar surface area (TPSA) is 59.4 Å². The number of piperazine rings is 1. The summed E-state index contributed by atoms with van der Waals surface area (Å²) in [5.74, 6) is -0.346. The van der Waals surface area contributed by atoms with E-state index in [9.17, 15) is 4.79 Å². The van der Waals surface area contributed by atoms with Crippen LogP contribution in [0.5, 0.6) is 0 Å². The van der Waals surface area contributed by atoms with Gasteiger partial charge in [-0.25, -0.2) is 4.79 Å². The van der Waals surface area contributed by atoms with Crippen LogP contribution in [0.1, 0.15) is 17.4 Å². The zero-order chi connectivity index (χ0) is 12.3. The number of ether oxygens (including phenoxy) is 1. The Labute approximate surface area is 101 Å². The minimum Gasteiger partial charge on any atom is -0.461 e. The van der Waals surface area contributed by atoms with E-state index in [0.717, 1.165) is 31.9 Å². The smallest absolute Gasteiger partial charge is 0.361 e. The van der Waals surface area contributed by atoms with Crippen molar-refractivity contribution in [2.75, 3.05) is 37.7 Å². The van der Waals surface area contributed by atoms with Gasteiger partial charge in [0, 0.05) is 39.4 Å². The van der Waals surface area contributed by atoms with Crippen molar-refractivity contribution in [1.29, 1.82) is 0 Å². The minimum absolute atomic E-state index is 0.346. The average molecular weight is 238 g/mol. The molecule has 0 saturated carbocycles. The lowest BCUT2D eigenvalue weighted by Gasteiger charge is -2.28. The Bertz CT molecular complexity index is 396. The Hall–Kier alpha value is -1.56. The summed E-state index contributed by atoms with van der Waals surface area (Å²) >= 11 is 0. The number of esters is 1. The van der Waals surface area contributed by atoms with E-state index in [1.54, 1.807) is 11.6 Å². The molecule has 6 nitrogen and oxygen atoms in total. The molecule has 0 spiro atoms. The molecule has 1 aromatic heterocycles. The van der Waals surface area contributed by atoms with Gasteiger partial charge in [-0.3, -0.25) is 4.68 Å². The van der Waals surface area contributed by atoms with Crippen LogP contribution in [-0.2, 0) is 11.8 Å². The Morgan fingerprint density at radius 1 is 1.53 bits per heavy atom. The third-order valence-electron chi connectivity index (χ3n) is 2.74. The van der Waals surface area contributed by atoms with Crippen LogP contribution in [0.3, 0.4) is 0 Å². The molecule has 1 fully saturated rings. The standard InChI is InChI=1S/C11H18N4O2/c1-3-17-11(16)10-9(8-14(2)13-10)15-6-4-12-5-7-15/h8,12H,3-7H2,1-2H3. The zero-order valence-corrected chi connectivity index (χ0v) is 10.3. The van der Waals surface area contributed by atoms with Gasteiger partial charge in [0.2, 0.25) is 0 Å². The summed E-state index contributed by atoms with van der Waals surface area (Å²) < 4.78 is 6.67. The molecule has 0 aliphatic carbocycles. The third-order valence-corrected chi connectivity index (χ3v) is 2.74. The van der Waals surface area contributed by atoms with E-state index in [2.05, 4.69) is 15.3 Å². The summed E-state index contributed by atoms with van der Waals surface area (Å²) in [6.45, 7) is 5.80. The van der Waals surface area contributed by atoms with Crippen molar-refractivity contribution in [2.24, 2.45) is 7.05 Å². The summed E-state index contributed by atoms with van der Waals surface area (Å²) in [7, 11) is 1.81. The van der Waals surface area contributed by atoms with Gasteiger partial charge in [0.1, 0.15) is 0 Å². The highest BCUT2D eigenvalue weighted by Crippen LogP contribution is 2.20. The molecule has 0 atom stereocenters. The summed E-state index contributed by atoms with van der Waals surface area (Å²) in [5, 5.41) is 7.46. The first kappa shape index (κ1) is 11.9. The second-order valence-corrected chi connectivity index (χ2v) is 3.99. The number of hydrogen-bond donors (Lipinski definition) is 1. The van der Waals surface area contributed by atoms with E-state index < -0.39 is 0 Å². The van der Waals surface area contributed by atoms with E-state index in [1.165, 1.54) is 0 Å². The normalized spacial score (nSPS) is 16.0. The molecule has 2 rings (SSSR count). The summed E-state index contributed by atoms with van der Waals surface area (Å²) in [6, 6.07) is 0. The number of carbonyl (C=O) groups is 1. The predicted molar refractivity (Wildman–Crippen MR) is 64.2 cm³/mol. The lowest BCUT2D eigenvalue weighted by Crippen LogP contribution is -2.43. The first-order valence-corrected chi connectivity index (χ1v) is 5.88. The molecule has 1 aliphatic rings. The largest absolute Gasteiger partial charge is 0.461 e. The van der Waals surface area contributed by atoms with Gasteiger partial charge in [0.05, 0.1) is 12.3 Å². The molecule has 0 bridgehead atoms. The van der Waals surface area contributed by atoms with E-state index in [4.69, 9.17) is 4.74 Å². The number of carbonyl (C=O) groups excluding carboxylic acids is 1. The van der Waals surface area contributed by atoms with Crippen LogP contribution in [0.25, 0.3) is 0 Å². The Kier molecular flexibility index (Phi) is 3.63. The second-order valence-electron chi connectivity index (χ2n) is 3.99. The van der Waals surface area contributed by atoms with Crippen molar-refractivity contribution in [3.8, 4) is 0 Å². The van der Waals surface area contributed by atoms with Crippen molar-refractivity contribution >= 4 is 11.7 Å². The Morgan fingerprint density at radius 3 is 2.88 bits per heavy atom. The van der Waals surface area contributed by atoms with Gasteiger partial charge < -0.3 is 15.0 Å². The monoisotopic (exact) mass is 238 g/mol. The van der Waals surface area contributed by atoms with Crippen LogP contribution in [0, 0.1) is 0 Å². The fourth-order valence-electron chi connectivity index (χ4n) is 1.96. The average Bonchev–Trinajstić information content (AvgIpc) is 2.73. The molecule has 0 amide bonds. The SMILES string of the molecule is CCOC(=O)c1nn(C)cc1N1CCNCC1. The fourth-order valence-corrected chi connectivity index (χ4v) is 1.96. The highest BCUT2D eigenvalue weighted by molar-refractivity contribution is 5.93. The summed E-state index contributed by atoms with van der Waals surface area (Å²) in [4.78, 5) is 13.9. The molecule has 94 valence electrons. The van der Waals surface area contributed by atoms with Crippen LogP contribution in [-0.4, -0.2) is 48.5 Å². The molecular weight excluding hydrogens is 220 g/mol. The molecule has 17 heavy (non-hydrogen) atoms. The molecule has 2 heterocycles. The Morgan fingerprint density at radius 2 is 2.24 bits per heavy atom. The van der Waals surface area contributed by atoms with Crippen molar-refractivity contribution in [1.82, 2.24) is 15.1 Å². The maximum absolute atomic E-state index is 11.8. The number of nitrogens with one attached hydrogen (secondary N) is 1. The van der Waals surface area contributed by atoms with E-state index in [-0.39, 0.29) is 5.97 Å². The number of aryl methyl sites for hydroxylation is 1. The molecule has 6 heteroatoms. The highest BCUT2D eigenvalue weighted by atomic mass is 16.5. The molecular formula is C11H18N4O2. The van der Waals surface area contributed by atoms with Crippen LogP contribution < -0.4 is 10.2 Å². The van der Waals surface area contributed by atoms with Crippen molar-refractivity contribution in [2.45, 2.75) is 6.92 Å². The summed E-state index contributed by atoms with van der Waals surface area (Å²) in [6.07, 6.45) is 1.87. The van der Waals surface area contributed by atoms with Crippen LogP contribution >= 0.6 is 0 Å². The van der Waals surface area contributed by atoms with Crippen LogP contribution in [0.15, 0.2) is 6.20 Å². The number of hydrogen-bond acceptors (Lipinski definition) is 5. The number of anilines is 1. The van der Waals surface area contributed by atoms with Crippen molar-refractivity contribution in [3.63, 3.8) is 0 Å². The Balaban J connectivity index is 2.22. The van der Waals surface area contributed by atoms with Crippen LogP contribution in [0.2, 0.25) is 0 Å². The van der Waals surface area contributed by atoms with Gasteiger partial charge in [-0.15, -0.1) is 0 Å². The van der Waals surface area contributed by atoms with Gasteiger partial charge in [-0.05, 0) is 6.92 Å². The van der Waals surface area contributed by atoms with Crippen molar-refractivity contribution in [3.05, 3.63) is 11.9 Å². The van der Waals surface area contributed by atoms with E-state index in [0.29, 0.717) is 12.3 Å². The minimum atomic E-state index is -0.346. The van der Waals surface area contributed by atoms with Gasteiger partial charge in [0.25, 0.3) is 0 Å². The predicted octanol–water partition coefficient (Wildman–Crippen LogP) is 0.00640. The third kappa shape index (κ3) is 2.58. The maximum Gasteiger partial charge on any atom is 0.361 e. The maximum atomic E-state index is 11.8. The number of nitrogens with zero attached hydrogens (tertiary/aromatic N) is 3. The fraction of sp³-hybridized carbons (Fsp3) is 0.636. The van der Waals surface area contributed by atoms with Crippen molar-refractivity contribution < 1.29 is 9.53 Å².